The zero-order valence-electron chi connectivity index (χ0n) is 8.24. The predicted octanol–water partition coefficient (Wildman–Crippen LogP) is 1.71. The number of rotatable bonds is 0. The molecule has 3 nitrogen and oxygen atoms in total. The number of hydrogen-bond acceptors (Lipinski definition) is 3. The molecule has 1 heterocycles. The second kappa shape index (κ2) is 3.66. The molecule has 0 spiro atoms. The van der Waals surface area contributed by atoms with Crippen LogP contribution in [0.15, 0.2) is 5.16 Å². The fraction of sp³-hybridized carbons (Fsp3) is 0.900. The molecule has 2 aliphatic rings. The molecular formula is C10H18N2O. The van der Waals surface area contributed by atoms with Crippen LogP contribution in [-0.4, -0.2) is 35.5 Å². The Hall–Kier alpha value is -0.570. The van der Waals surface area contributed by atoms with Gasteiger partial charge in [-0.1, -0.05) is 5.16 Å². The second-order valence-corrected chi connectivity index (χ2v) is 4.28. The topological polar surface area (TPSA) is 35.8 Å². The SMILES string of the molecule is CN1CCC[C@@H]2C(=NO)CCC[C@H]21. The number of oxime groups is 1. The lowest BCUT2D eigenvalue weighted by atomic mass is 9.77. The quantitative estimate of drug-likeness (QED) is 0.457. The highest BCUT2D eigenvalue weighted by molar-refractivity contribution is 5.87. The van der Waals surface area contributed by atoms with Gasteiger partial charge in [0.2, 0.25) is 0 Å². The van der Waals surface area contributed by atoms with E-state index in [9.17, 15) is 0 Å². The summed E-state index contributed by atoms with van der Waals surface area (Å²) in [4.78, 5) is 2.43. The lowest BCUT2D eigenvalue weighted by Crippen LogP contribution is -2.47. The molecule has 3 heteroatoms. The maximum Gasteiger partial charge on any atom is 0.0617 e. The number of fused-ring (bicyclic) bond motifs is 1. The van der Waals surface area contributed by atoms with Crippen LogP contribution in [-0.2, 0) is 0 Å². The van der Waals surface area contributed by atoms with Gasteiger partial charge in [-0.3, -0.25) is 0 Å². The van der Waals surface area contributed by atoms with Crippen LogP contribution in [0.5, 0.6) is 0 Å². The third kappa shape index (κ3) is 1.57. The van der Waals surface area contributed by atoms with Gasteiger partial charge in [-0.05, 0) is 45.7 Å². The maximum absolute atomic E-state index is 8.89. The Kier molecular flexibility index (Phi) is 2.54. The highest BCUT2D eigenvalue weighted by Gasteiger charge is 2.35. The Morgan fingerprint density at radius 3 is 3.00 bits per heavy atom. The van der Waals surface area contributed by atoms with Gasteiger partial charge in [0.05, 0.1) is 5.71 Å². The van der Waals surface area contributed by atoms with Crippen molar-refractivity contribution >= 4 is 5.71 Å². The van der Waals surface area contributed by atoms with E-state index in [0.29, 0.717) is 12.0 Å². The summed E-state index contributed by atoms with van der Waals surface area (Å²) in [6, 6.07) is 0.647. The van der Waals surface area contributed by atoms with Crippen molar-refractivity contribution in [2.45, 2.75) is 38.1 Å². The van der Waals surface area contributed by atoms with Crippen molar-refractivity contribution in [3.8, 4) is 0 Å². The number of likely N-dealkylation sites (tertiary alicyclic amines) is 1. The van der Waals surface area contributed by atoms with Crippen LogP contribution in [0, 0.1) is 5.92 Å². The van der Waals surface area contributed by atoms with Crippen LogP contribution in [0.1, 0.15) is 32.1 Å². The van der Waals surface area contributed by atoms with Crippen molar-refractivity contribution in [1.82, 2.24) is 4.90 Å². The third-order valence-electron chi connectivity index (χ3n) is 3.55. The molecule has 13 heavy (non-hydrogen) atoms. The summed E-state index contributed by atoms with van der Waals surface area (Å²) in [5.41, 5.74) is 1.04. The second-order valence-electron chi connectivity index (χ2n) is 4.28. The van der Waals surface area contributed by atoms with Gasteiger partial charge >= 0.3 is 0 Å². The van der Waals surface area contributed by atoms with Crippen molar-refractivity contribution in [2.75, 3.05) is 13.6 Å². The summed E-state index contributed by atoms with van der Waals surface area (Å²) in [7, 11) is 2.19. The van der Waals surface area contributed by atoms with E-state index in [-0.39, 0.29) is 0 Å². The minimum absolute atomic E-state index is 0.539. The van der Waals surface area contributed by atoms with Gasteiger partial charge in [-0.2, -0.15) is 0 Å². The standard InChI is InChI=1S/C10H18N2O/c1-12-7-3-4-8-9(11-13)5-2-6-10(8)12/h8,10,13H,2-7H2,1H3/t8-,10-/m1/s1. The Morgan fingerprint density at radius 2 is 2.23 bits per heavy atom. The largest absolute Gasteiger partial charge is 0.411 e. The summed E-state index contributed by atoms with van der Waals surface area (Å²) in [5.74, 6) is 0.539. The van der Waals surface area contributed by atoms with E-state index in [0.717, 1.165) is 12.1 Å². The van der Waals surface area contributed by atoms with Gasteiger partial charge in [0.15, 0.2) is 0 Å². The van der Waals surface area contributed by atoms with Crippen LogP contribution in [0.4, 0.5) is 0 Å². The molecule has 2 fully saturated rings. The molecule has 0 aromatic rings. The predicted molar refractivity (Wildman–Crippen MR) is 52.2 cm³/mol. The Labute approximate surface area is 79.4 Å². The van der Waals surface area contributed by atoms with Crippen molar-refractivity contribution < 1.29 is 5.21 Å². The van der Waals surface area contributed by atoms with E-state index in [2.05, 4.69) is 17.1 Å². The van der Waals surface area contributed by atoms with Crippen LogP contribution >= 0.6 is 0 Å². The Morgan fingerprint density at radius 1 is 1.38 bits per heavy atom. The molecule has 74 valence electrons. The minimum Gasteiger partial charge on any atom is -0.411 e. The molecule has 1 aliphatic heterocycles. The number of hydrogen-bond donors (Lipinski definition) is 1. The number of nitrogens with zero attached hydrogens (tertiary/aromatic N) is 2. The fourth-order valence-corrected chi connectivity index (χ4v) is 2.84. The molecule has 0 aromatic heterocycles. The monoisotopic (exact) mass is 182 g/mol. The fourth-order valence-electron chi connectivity index (χ4n) is 2.84. The van der Waals surface area contributed by atoms with Crippen LogP contribution < -0.4 is 0 Å². The summed E-state index contributed by atoms with van der Waals surface area (Å²) in [6.45, 7) is 1.21. The molecule has 2 rings (SSSR count). The summed E-state index contributed by atoms with van der Waals surface area (Å²) in [6.07, 6.45) is 5.93. The molecule has 1 aliphatic carbocycles. The van der Waals surface area contributed by atoms with Gasteiger partial charge in [0.1, 0.15) is 0 Å². The van der Waals surface area contributed by atoms with E-state index in [4.69, 9.17) is 5.21 Å². The highest BCUT2D eigenvalue weighted by atomic mass is 16.4. The summed E-state index contributed by atoms with van der Waals surface area (Å²) >= 11 is 0. The van der Waals surface area contributed by atoms with Gasteiger partial charge in [-0.25, -0.2) is 0 Å². The molecular weight excluding hydrogens is 164 g/mol. The summed E-state index contributed by atoms with van der Waals surface area (Å²) in [5, 5.41) is 12.3. The summed E-state index contributed by atoms with van der Waals surface area (Å²) < 4.78 is 0. The molecule has 0 unspecified atom stereocenters. The van der Waals surface area contributed by atoms with Crippen LogP contribution in [0.3, 0.4) is 0 Å². The minimum atomic E-state index is 0.539. The first kappa shape index (κ1) is 9.00. The highest BCUT2D eigenvalue weighted by Crippen LogP contribution is 2.32. The Balaban J connectivity index is 2.14. The normalized spacial score (nSPS) is 39.0. The molecule has 1 N–H and O–H groups in total. The Bertz CT molecular complexity index is 215. The molecule has 0 radical (unpaired) electrons. The first-order chi connectivity index (χ1) is 6.33. The molecule has 0 amide bonds. The van der Waals surface area contributed by atoms with E-state index in [1.165, 1.54) is 32.2 Å². The maximum atomic E-state index is 8.89. The van der Waals surface area contributed by atoms with E-state index >= 15 is 0 Å². The molecule has 0 aromatic carbocycles. The molecule has 1 saturated carbocycles. The lowest BCUT2D eigenvalue weighted by molar-refractivity contribution is 0.131. The molecule has 2 atom stereocenters. The average Bonchev–Trinajstić information content (AvgIpc) is 2.18. The third-order valence-corrected chi connectivity index (χ3v) is 3.55. The van der Waals surface area contributed by atoms with Crippen LogP contribution in [0.2, 0.25) is 0 Å². The van der Waals surface area contributed by atoms with E-state index in [1.54, 1.807) is 0 Å². The smallest absolute Gasteiger partial charge is 0.0617 e. The van der Waals surface area contributed by atoms with Gasteiger partial charge in [-0.15, -0.1) is 0 Å². The van der Waals surface area contributed by atoms with Crippen molar-refractivity contribution in [2.24, 2.45) is 11.1 Å². The van der Waals surface area contributed by atoms with Crippen molar-refractivity contribution in [3.63, 3.8) is 0 Å². The van der Waals surface area contributed by atoms with Gasteiger partial charge in [0, 0.05) is 12.0 Å². The van der Waals surface area contributed by atoms with Gasteiger partial charge < -0.3 is 10.1 Å². The van der Waals surface area contributed by atoms with Gasteiger partial charge in [0.25, 0.3) is 0 Å². The zero-order chi connectivity index (χ0) is 9.26. The van der Waals surface area contributed by atoms with Crippen LogP contribution in [0.25, 0.3) is 0 Å². The van der Waals surface area contributed by atoms with E-state index in [1.807, 2.05) is 0 Å². The number of piperidine rings is 1. The lowest BCUT2D eigenvalue weighted by Gasteiger charge is -2.42. The average molecular weight is 182 g/mol. The zero-order valence-corrected chi connectivity index (χ0v) is 8.24. The van der Waals surface area contributed by atoms with Crippen molar-refractivity contribution in [1.29, 1.82) is 0 Å². The first-order valence-electron chi connectivity index (χ1n) is 5.24. The molecule has 1 saturated heterocycles. The van der Waals surface area contributed by atoms with Crippen molar-refractivity contribution in [3.05, 3.63) is 0 Å². The molecule has 0 bridgehead atoms. The first-order valence-corrected chi connectivity index (χ1v) is 5.24. The van der Waals surface area contributed by atoms with E-state index < -0.39 is 0 Å².